The third kappa shape index (κ3) is 8.18. The smallest absolute Gasteiger partial charge is 0.300 e. The maximum Gasteiger partial charge on any atom is 0.399 e. The molecule has 0 aliphatic rings. The van der Waals surface area contributed by atoms with E-state index in [1.165, 1.54) is 6.08 Å². The van der Waals surface area contributed by atoms with Crippen LogP contribution in [-0.2, 0) is 11.2 Å². The molecular formula is C23H21Cl4F3OS. The highest BCUT2D eigenvalue weighted by Crippen LogP contribution is 2.41. The predicted octanol–water partition coefficient (Wildman–Crippen LogP) is 9.30. The Bertz CT molecular complexity index is 953. The second-order valence-electron chi connectivity index (χ2n) is 7.16. The van der Waals surface area contributed by atoms with E-state index in [4.69, 9.17) is 46.4 Å². The molecule has 0 aliphatic heterocycles. The molecule has 1 unspecified atom stereocenters. The minimum atomic E-state index is -4.55. The molecule has 0 saturated heterocycles. The molecule has 0 N–H and O–H groups in total. The Morgan fingerprint density at radius 3 is 2.25 bits per heavy atom. The second kappa shape index (κ2) is 12.6. The van der Waals surface area contributed by atoms with E-state index in [1.54, 1.807) is 30.0 Å². The van der Waals surface area contributed by atoms with E-state index < -0.39 is 12.1 Å². The molecule has 0 radical (unpaired) electrons. The van der Waals surface area contributed by atoms with Gasteiger partial charge in [-0.3, -0.25) is 4.79 Å². The monoisotopic (exact) mass is 542 g/mol. The first kappa shape index (κ1) is 27.4. The van der Waals surface area contributed by atoms with E-state index in [9.17, 15) is 18.0 Å². The number of halogens is 7. The van der Waals surface area contributed by atoms with Gasteiger partial charge in [0.05, 0.1) is 21.0 Å². The van der Waals surface area contributed by atoms with Crippen LogP contribution in [0.4, 0.5) is 13.2 Å². The van der Waals surface area contributed by atoms with Crippen molar-refractivity contribution in [3.8, 4) is 0 Å². The van der Waals surface area contributed by atoms with Crippen molar-refractivity contribution >= 4 is 70.0 Å². The van der Waals surface area contributed by atoms with E-state index in [0.717, 1.165) is 29.5 Å². The van der Waals surface area contributed by atoms with E-state index in [0.29, 0.717) is 36.3 Å². The molecular weight excluding hydrogens is 523 g/mol. The maximum absolute atomic E-state index is 13.7. The lowest BCUT2D eigenvalue weighted by Gasteiger charge is -2.18. The van der Waals surface area contributed by atoms with Crippen LogP contribution >= 0.6 is 58.2 Å². The molecule has 9 heteroatoms. The molecule has 0 fully saturated rings. The Hall–Kier alpha value is -0.850. The quantitative estimate of drug-likeness (QED) is 0.278. The average molecular weight is 544 g/mol. The van der Waals surface area contributed by atoms with Crippen molar-refractivity contribution in [1.29, 1.82) is 0 Å². The summed E-state index contributed by atoms with van der Waals surface area (Å²) in [5, 5.41) is 0.368. The number of carbonyl (C=O) groups excluding carboxylic acids is 1. The lowest BCUT2D eigenvalue weighted by atomic mass is 9.96. The molecule has 32 heavy (non-hydrogen) atoms. The van der Waals surface area contributed by atoms with Gasteiger partial charge in [-0.15, -0.1) is 0 Å². The second-order valence-corrected chi connectivity index (χ2v) is 9.75. The number of allylic oxidation sites excluding steroid dienone is 1. The van der Waals surface area contributed by atoms with Crippen molar-refractivity contribution < 1.29 is 18.0 Å². The van der Waals surface area contributed by atoms with Gasteiger partial charge in [-0.25, -0.2) is 0 Å². The predicted molar refractivity (Wildman–Crippen MR) is 132 cm³/mol. The normalized spacial score (nSPS) is 13.0. The number of benzene rings is 2. The zero-order valence-electron chi connectivity index (χ0n) is 17.1. The molecule has 0 spiro atoms. The van der Waals surface area contributed by atoms with Crippen LogP contribution in [0.25, 0.3) is 6.08 Å². The van der Waals surface area contributed by atoms with Crippen molar-refractivity contribution in [2.75, 3.05) is 12.0 Å². The van der Waals surface area contributed by atoms with Crippen molar-refractivity contribution in [1.82, 2.24) is 0 Å². The fraction of sp³-hybridized carbons (Fsp3) is 0.348. The lowest BCUT2D eigenvalue weighted by molar-refractivity contribution is -0.139. The summed E-state index contributed by atoms with van der Waals surface area (Å²) in [5.74, 6) is -0.885. The summed E-state index contributed by atoms with van der Waals surface area (Å²) in [5.41, 5.74) is 1.27. The molecule has 1 nitrogen and oxygen atoms in total. The minimum absolute atomic E-state index is 0.00955. The van der Waals surface area contributed by atoms with Crippen LogP contribution in [0.1, 0.15) is 41.9 Å². The van der Waals surface area contributed by atoms with Gasteiger partial charge >= 0.3 is 6.18 Å². The molecule has 0 amide bonds. The van der Waals surface area contributed by atoms with E-state index in [1.807, 2.05) is 6.26 Å². The highest BCUT2D eigenvalue weighted by molar-refractivity contribution is 7.98. The van der Waals surface area contributed by atoms with Crippen LogP contribution in [0.2, 0.25) is 20.1 Å². The molecule has 0 aromatic heterocycles. The van der Waals surface area contributed by atoms with Gasteiger partial charge in [-0.1, -0.05) is 70.7 Å². The number of carbonyl (C=O) groups is 1. The molecule has 1 atom stereocenters. The van der Waals surface area contributed by atoms with Crippen molar-refractivity contribution in [3.63, 3.8) is 0 Å². The zero-order chi connectivity index (χ0) is 23.9. The van der Waals surface area contributed by atoms with Crippen LogP contribution in [0.5, 0.6) is 0 Å². The van der Waals surface area contributed by atoms with Crippen LogP contribution in [0.15, 0.2) is 36.4 Å². The van der Waals surface area contributed by atoms with Gasteiger partial charge in [-0.2, -0.15) is 24.9 Å². The molecule has 2 aromatic carbocycles. The number of thioether (sulfide) groups is 1. The van der Waals surface area contributed by atoms with Gasteiger partial charge in [0.1, 0.15) is 5.78 Å². The molecule has 2 aromatic rings. The molecule has 0 bridgehead atoms. The van der Waals surface area contributed by atoms with Gasteiger partial charge in [0.25, 0.3) is 0 Å². The Morgan fingerprint density at radius 2 is 1.69 bits per heavy atom. The lowest BCUT2D eigenvalue weighted by Crippen LogP contribution is -2.19. The Labute approximate surface area is 210 Å². The fourth-order valence-corrected chi connectivity index (χ4v) is 4.39. The van der Waals surface area contributed by atoms with Gasteiger partial charge in [0, 0.05) is 17.9 Å². The first-order chi connectivity index (χ1) is 15.0. The van der Waals surface area contributed by atoms with Crippen molar-refractivity contribution in [2.24, 2.45) is 0 Å². The van der Waals surface area contributed by atoms with Crippen LogP contribution < -0.4 is 0 Å². The zero-order valence-corrected chi connectivity index (χ0v) is 21.0. The number of ketones is 1. The summed E-state index contributed by atoms with van der Waals surface area (Å²) >= 11 is 25.6. The Morgan fingerprint density at radius 1 is 1.03 bits per heavy atom. The SMILES string of the molecule is CSCCC(=O)CCCc1ccc(/C=C/C(c2cc(Cl)c(Cl)c(Cl)c2)C(F)(F)F)cc1Cl. The van der Waals surface area contributed by atoms with Crippen molar-refractivity contribution in [3.05, 3.63) is 73.2 Å². The van der Waals surface area contributed by atoms with Gasteiger partial charge < -0.3 is 0 Å². The molecule has 0 heterocycles. The molecule has 0 aliphatic carbocycles. The van der Waals surface area contributed by atoms with Gasteiger partial charge in [-0.05, 0) is 59.7 Å². The number of rotatable bonds is 10. The van der Waals surface area contributed by atoms with Gasteiger partial charge in [0.2, 0.25) is 0 Å². The summed E-state index contributed by atoms with van der Waals surface area (Å²) in [7, 11) is 0. The molecule has 174 valence electrons. The highest BCUT2D eigenvalue weighted by atomic mass is 35.5. The van der Waals surface area contributed by atoms with E-state index in [-0.39, 0.29) is 26.4 Å². The van der Waals surface area contributed by atoms with Crippen LogP contribution in [-0.4, -0.2) is 24.0 Å². The molecule has 2 rings (SSSR count). The number of aryl methyl sites for hydroxylation is 1. The highest BCUT2D eigenvalue weighted by Gasteiger charge is 2.39. The number of alkyl halides is 3. The van der Waals surface area contributed by atoms with E-state index in [2.05, 4.69) is 0 Å². The van der Waals surface area contributed by atoms with Gasteiger partial charge in [0.15, 0.2) is 0 Å². The minimum Gasteiger partial charge on any atom is -0.300 e. The largest absolute Gasteiger partial charge is 0.399 e. The summed E-state index contributed by atoms with van der Waals surface area (Å²) in [6.45, 7) is 0. The first-order valence-corrected chi connectivity index (χ1v) is 12.6. The first-order valence-electron chi connectivity index (χ1n) is 9.71. The van der Waals surface area contributed by atoms with Crippen molar-refractivity contribution in [2.45, 2.75) is 37.8 Å². The third-order valence-electron chi connectivity index (χ3n) is 4.76. The topological polar surface area (TPSA) is 17.1 Å². The summed E-state index contributed by atoms with van der Waals surface area (Å²) in [6, 6.07) is 7.40. The standard InChI is InChI=1S/C23H21Cl4F3OS/c1-32-10-9-17(31)4-2-3-15-7-5-14(11-19(15)24)6-8-18(23(28,29)30)16-12-20(25)22(27)21(26)13-16/h5-8,11-13,18H,2-4,9-10H2,1H3/b8-6+. The maximum atomic E-state index is 13.7. The average Bonchev–Trinajstić information content (AvgIpc) is 2.71. The Kier molecular flexibility index (Phi) is 10.8. The van der Waals surface area contributed by atoms with Crippen LogP contribution in [0, 0.1) is 0 Å². The number of Topliss-reactive ketones (excluding diaryl/α,β-unsaturated/α-hetero) is 1. The summed E-state index contributed by atoms with van der Waals surface area (Å²) in [4.78, 5) is 11.8. The Balaban J connectivity index is 2.13. The number of hydrogen-bond acceptors (Lipinski definition) is 2. The summed E-state index contributed by atoms with van der Waals surface area (Å²) < 4.78 is 41.0. The molecule has 0 saturated carbocycles. The fourth-order valence-electron chi connectivity index (χ4n) is 3.06. The number of hydrogen-bond donors (Lipinski definition) is 0. The van der Waals surface area contributed by atoms with E-state index >= 15 is 0 Å². The van der Waals surface area contributed by atoms with Crippen LogP contribution in [0.3, 0.4) is 0 Å². The summed E-state index contributed by atoms with van der Waals surface area (Å²) in [6.07, 6.45) is 2.14. The third-order valence-corrected chi connectivity index (χ3v) is 6.92.